The Morgan fingerprint density at radius 1 is 1.12 bits per heavy atom. The predicted molar refractivity (Wildman–Crippen MR) is 69.5 cm³/mol. The van der Waals surface area contributed by atoms with E-state index in [1.54, 1.807) is 11.1 Å². The lowest BCUT2D eigenvalue weighted by atomic mass is 9.88. The van der Waals surface area contributed by atoms with E-state index in [4.69, 9.17) is 5.73 Å². The van der Waals surface area contributed by atoms with E-state index in [1.807, 2.05) is 0 Å². The van der Waals surface area contributed by atoms with Crippen molar-refractivity contribution >= 4 is 0 Å². The monoisotopic (exact) mass is 217 g/mol. The Bertz CT molecular complexity index is 352. The summed E-state index contributed by atoms with van der Waals surface area (Å²) >= 11 is 0. The Hall–Kier alpha value is -0.820. The van der Waals surface area contributed by atoms with Crippen LogP contribution in [0, 0.1) is 5.92 Å². The summed E-state index contributed by atoms with van der Waals surface area (Å²) in [6.45, 7) is 4.47. The van der Waals surface area contributed by atoms with E-state index in [9.17, 15) is 0 Å². The maximum Gasteiger partial charge on any atom is 0.0323 e. The third-order valence-electron chi connectivity index (χ3n) is 4.06. The zero-order chi connectivity index (χ0) is 11.5. The maximum atomic E-state index is 6.35. The molecule has 0 heterocycles. The first-order valence-electron chi connectivity index (χ1n) is 6.63. The van der Waals surface area contributed by atoms with Crippen molar-refractivity contribution in [2.75, 3.05) is 0 Å². The molecule has 0 saturated heterocycles. The van der Waals surface area contributed by atoms with Crippen molar-refractivity contribution in [3.63, 3.8) is 0 Å². The topological polar surface area (TPSA) is 26.0 Å². The molecule has 1 heteroatoms. The molecule has 0 aromatic heterocycles. The molecule has 16 heavy (non-hydrogen) atoms. The summed E-state index contributed by atoms with van der Waals surface area (Å²) in [7, 11) is 0. The van der Waals surface area contributed by atoms with Crippen molar-refractivity contribution in [1.82, 2.24) is 0 Å². The number of hydrogen-bond donors (Lipinski definition) is 1. The molecule has 0 spiro atoms. The Balaban J connectivity index is 2.20. The van der Waals surface area contributed by atoms with Gasteiger partial charge in [-0.25, -0.2) is 0 Å². The zero-order valence-electron chi connectivity index (χ0n) is 10.5. The first-order valence-corrected chi connectivity index (χ1v) is 6.63. The fraction of sp³-hybridized carbons (Fsp3) is 0.600. The Labute approximate surface area is 99.0 Å². The van der Waals surface area contributed by atoms with Gasteiger partial charge in [0.05, 0.1) is 0 Å². The fourth-order valence-corrected chi connectivity index (χ4v) is 2.87. The average Bonchev–Trinajstić information content (AvgIpc) is 2.77. The fourth-order valence-electron chi connectivity index (χ4n) is 2.87. The third-order valence-corrected chi connectivity index (χ3v) is 4.06. The number of nitrogens with two attached hydrogens (primary N) is 1. The van der Waals surface area contributed by atoms with Gasteiger partial charge in [0.25, 0.3) is 0 Å². The molecule has 1 aromatic carbocycles. The molecule has 1 aliphatic carbocycles. The smallest absolute Gasteiger partial charge is 0.0323 e. The van der Waals surface area contributed by atoms with E-state index in [-0.39, 0.29) is 6.04 Å². The van der Waals surface area contributed by atoms with Crippen LogP contribution in [-0.2, 0) is 12.8 Å². The van der Waals surface area contributed by atoms with E-state index in [1.165, 1.54) is 37.7 Å². The normalized spacial score (nSPS) is 16.5. The van der Waals surface area contributed by atoms with Crippen molar-refractivity contribution in [1.29, 1.82) is 0 Å². The van der Waals surface area contributed by atoms with E-state index < -0.39 is 0 Å². The van der Waals surface area contributed by atoms with Gasteiger partial charge in [0.15, 0.2) is 0 Å². The quantitative estimate of drug-likeness (QED) is 0.819. The lowest BCUT2D eigenvalue weighted by Crippen LogP contribution is -2.20. The van der Waals surface area contributed by atoms with Gasteiger partial charge in [-0.3, -0.25) is 0 Å². The van der Waals surface area contributed by atoms with Crippen LogP contribution in [0.4, 0.5) is 0 Å². The van der Waals surface area contributed by atoms with Crippen molar-refractivity contribution in [3.05, 3.63) is 34.9 Å². The summed E-state index contributed by atoms with van der Waals surface area (Å²) in [5, 5.41) is 0. The molecule has 1 unspecified atom stereocenters. The van der Waals surface area contributed by atoms with Gasteiger partial charge >= 0.3 is 0 Å². The van der Waals surface area contributed by atoms with Crippen LogP contribution in [0.15, 0.2) is 18.2 Å². The van der Waals surface area contributed by atoms with Gasteiger partial charge in [-0.05, 0) is 41.9 Å². The number of hydrogen-bond acceptors (Lipinski definition) is 1. The van der Waals surface area contributed by atoms with Gasteiger partial charge in [0.1, 0.15) is 0 Å². The summed E-state index contributed by atoms with van der Waals surface area (Å²) in [6, 6.07) is 7.11. The number of rotatable bonds is 4. The molecule has 2 N–H and O–H groups in total. The summed E-state index contributed by atoms with van der Waals surface area (Å²) in [5.74, 6) is 0.624. The third kappa shape index (κ3) is 2.15. The number of benzene rings is 1. The summed E-state index contributed by atoms with van der Waals surface area (Å²) < 4.78 is 0. The SMILES string of the molecule is CCC(CC)C(N)c1ccc2c(c1)CCC2. The second-order valence-corrected chi connectivity index (χ2v) is 4.98. The van der Waals surface area contributed by atoms with Crippen molar-refractivity contribution in [3.8, 4) is 0 Å². The predicted octanol–water partition coefficient (Wildman–Crippen LogP) is 3.61. The molecule has 1 aliphatic rings. The molecule has 0 fully saturated rings. The summed E-state index contributed by atoms with van der Waals surface area (Å²) in [4.78, 5) is 0. The molecule has 0 saturated carbocycles. The second kappa shape index (κ2) is 5.01. The van der Waals surface area contributed by atoms with E-state index in [0.717, 1.165) is 0 Å². The van der Waals surface area contributed by atoms with Crippen LogP contribution in [0.1, 0.15) is 55.8 Å². The lowest BCUT2D eigenvalue weighted by molar-refractivity contribution is 0.405. The minimum atomic E-state index is 0.223. The molecular formula is C15H23N. The number of fused-ring (bicyclic) bond motifs is 1. The van der Waals surface area contributed by atoms with E-state index in [2.05, 4.69) is 32.0 Å². The molecule has 88 valence electrons. The minimum Gasteiger partial charge on any atom is -0.324 e. The van der Waals surface area contributed by atoms with Crippen LogP contribution in [-0.4, -0.2) is 0 Å². The van der Waals surface area contributed by atoms with Gasteiger partial charge in [-0.1, -0.05) is 44.9 Å². The van der Waals surface area contributed by atoms with Crippen LogP contribution in [0.25, 0.3) is 0 Å². The maximum absolute atomic E-state index is 6.35. The van der Waals surface area contributed by atoms with Crippen LogP contribution in [0.5, 0.6) is 0 Å². The molecule has 0 bridgehead atoms. The van der Waals surface area contributed by atoms with Gasteiger partial charge in [0, 0.05) is 6.04 Å². The second-order valence-electron chi connectivity index (χ2n) is 4.98. The minimum absolute atomic E-state index is 0.223. The van der Waals surface area contributed by atoms with Crippen LogP contribution < -0.4 is 5.73 Å². The zero-order valence-corrected chi connectivity index (χ0v) is 10.5. The van der Waals surface area contributed by atoms with Crippen molar-refractivity contribution in [2.45, 2.75) is 52.0 Å². The molecule has 1 atom stereocenters. The largest absolute Gasteiger partial charge is 0.324 e. The highest BCUT2D eigenvalue weighted by Crippen LogP contribution is 2.29. The molecule has 1 aromatic rings. The number of aryl methyl sites for hydroxylation is 2. The highest BCUT2D eigenvalue weighted by atomic mass is 14.6. The Morgan fingerprint density at radius 3 is 2.50 bits per heavy atom. The van der Waals surface area contributed by atoms with Crippen molar-refractivity contribution in [2.24, 2.45) is 11.7 Å². The van der Waals surface area contributed by atoms with Gasteiger partial charge in [0.2, 0.25) is 0 Å². The highest BCUT2D eigenvalue weighted by molar-refractivity contribution is 5.36. The molecule has 0 radical (unpaired) electrons. The van der Waals surface area contributed by atoms with E-state index in [0.29, 0.717) is 5.92 Å². The summed E-state index contributed by atoms with van der Waals surface area (Å²) in [6.07, 6.45) is 6.18. The van der Waals surface area contributed by atoms with E-state index >= 15 is 0 Å². The van der Waals surface area contributed by atoms with Crippen LogP contribution in [0.2, 0.25) is 0 Å². The highest BCUT2D eigenvalue weighted by Gasteiger charge is 2.18. The van der Waals surface area contributed by atoms with Crippen LogP contribution in [0.3, 0.4) is 0 Å². The molecular weight excluding hydrogens is 194 g/mol. The first kappa shape index (κ1) is 11.7. The van der Waals surface area contributed by atoms with Gasteiger partial charge < -0.3 is 5.73 Å². The first-order chi connectivity index (χ1) is 7.76. The molecule has 1 nitrogen and oxygen atoms in total. The Kier molecular flexibility index (Phi) is 3.65. The average molecular weight is 217 g/mol. The molecule has 0 amide bonds. The standard InChI is InChI=1S/C15H23N/c1-3-11(4-2)15(16)14-9-8-12-6-5-7-13(12)10-14/h8-11,15H,3-7,16H2,1-2H3. The van der Waals surface area contributed by atoms with Gasteiger partial charge in [-0.2, -0.15) is 0 Å². The molecule has 0 aliphatic heterocycles. The molecule has 2 rings (SSSR count). The van der Waals surface area contributed by atoms with Gasteiger partial charge in [-0.15, -0.1) is 0 Å². The van der Waals surface area contributed by atoms with Crippen LogP contribution >= 0.6 is 0 Å². The Morgan fingerprint density at radius 2 is 1.81 bits per heavy atom. The lowest BCUT2D eigenvalue weighted by Gasteiger charge is -2.22. The summed E-state index contributed by atoms with van der Waals surface area (Å²) in [5.41, 5.74) is 10.8. The van der Waals surface area contributed by atoms with Crippen molar-refractivity contribution < 1.29 is 0 Å².